The van der Waals surface area contributed by atoms with E-state index >= 15 is 0 Å². The second-order valence-corrected chi connectivity index (χ2v) is 5.58. The van der Waals surface area contributed by atoms with E-state index in [1.54, 1.807) is 6.07 Å². The van der Waals surface area contributed by atoms with Crippen molar-refractivity contribution < 1.29 is 9.18 Å². The monoisotopic (exact) mass is 286 g/mol. The van der Waals surface area contributed by atoms with Gasteiger partial charge in [0.15, 0.2) is 0 Å². The average molecular weight is 287 g/mol. The molecule has 3 N–H and O–H groups in total. The summed E-state index contributed by atoms with van der Waals surface area (Å²) >= 11 is 6.04. The number of amides is 1. The van der Waals surface area contributed by atoms with E-state index in [0.29, 0.717) is 31.0 Å². The van der Waals surface area contributed by atoms with Crippen molar-refractivity contribution in [2.75, 3.05) is 13.1 Å². The van der Waals surface area contributed by atoms with Crippen molar-refractivity contribution in [3.8, 4) is 0 Å². The van der Waals surface area contributed by atoms with Crippen molar-refractivity contribution in [1.29, 1.82) is 0 Å². The highest BCUT2D eigenvalue weighted by molar-refractivity contribution is 6.31. The Balaban J connectivity index is 2.67. The molecule has 0 heterocycles. The first kappa shape index (κ1) is 15.9. The number of benzene rings is 1. The molecule has 0 fully saturated rings. The molecule has 1 rings (SSSR count). The van der Waals surface area contributed by atoms with Crippen LogP contribution in [0.1, 0.15) is 32.3 Å². The van der Waals surface area contributed by atoms with Crippen molar-refractivity contribution in [3.05, 3.63) is 34.6 Å². The first-order chi connectivity index (χ1) is 8.86. The highest BCUT2D eigenvalue weighted by Crippen LogP contribution is 2.29. The fraction of sp³-hybridized carbons (Fsp3) is 0.500. The quantitative estimate of drug-likeness (QED) is 0.844. The van der Waals surface area contributed by atoms with Crippen LogP contribution in [0.3, 0.4) is 0 Å². The number of nitrogens with two attached hydrogens (primary N) is 1. The van der Waals surface area contributed by atoms with Crippen molar-refractivity contribution in [2.24, 2.45) is 5.73 Å². The molecule has 3 nitrogen and oxygen atoms in total. The minimum Gasteiger partial charge on any atom is -0.355 e. The predicted molar refractivity (Wildman–Crippen MR) is 75.7 cm³/mol. The number of nitrogens with one attached hydrogen (secondary N) is 1. The van der Waals surface area contributed by atoms with E-state index < -0.39 is 0 Å². The molecule has 0 atom stereocenters. The molecule has 106 valence electrons. The number of halogens is 2. The maximum Gasteiger partial charge on any atom is 0.220 e. The van der Waals surface area contributed by atoms with Gasteiger partial charge in [0.2, 0.25) is 5.91 Å². The van der Waals surface area contributed by atoms with Crippen LogP contribution in [0, 0.1) is 5.82 Å². The molecule has 5 heteroatoms. The largest absolute Gasteiger partial charge is 0.355 e. The van der Waals surface area contributed by atoms with Crippen LogP contribution < -0.4 is 11.1 Å². The normalized spacial score (nSPS) is 11.4. The predicted octanol–water partition coefficient (Wildman–Crippen LogP) is 2.61. The molecule has 0 radical (unpaired) electrons. The molecule has 0 bridgehead atoms. The van der Waals surface area contributed by atoms with Gasteiger partial charge in [-0.2, -0.15) is 0 Å². The second-order valence-electron chi connectivity index (χ2n) is 5.18. The molecular weight excluding hydrogens is 267 g/mol. The van der Waals surface area contributed by atoms with Gasteiger partial charge in [-0.05, 0) is 30.7 Å². The molecule has 1 aromatic carbocycles. The van der Waals surface area contributed by atoms with Crippen LogP contribution in [0.4, 0.5) is 4.39 Å². The molecule has 0 aliphatic rings. The van der Waals surface area contributed by atoms with Gasteiger partial charge in [-0.25, -0.2) is 4.39 Å². The summed E-state index contributed by atoms with van der Waals surface area (Å²) in [5.41, 5.74) is 5.81. The average Bonchev–Trinajstić information content (AvgIpc) is 2.33. The zero-order chi connectivity index (χ0) is 14.5. The summed E-state index contributed by atoms with van der Waals surface area (Å²) in [6, 6.07) is 4.32. The number of rotatable bonds is 6. The van der Waals surface area contributed by atoms with Crippen molar-refractivity contribution >= 4 is 17.5 Å². The zero-order valence-corrected chi connectivity index (χ0v) is 12.1. The molecule has 0 aliphatic carbocycles. The number of carbonyl (C=O) groups excluding carboxylic acids is 1. The highest BCUT2D eigenvalue weighted by atomic mass is 35.5. The lowest BCUT2D eigenvalue weighted by molar-refractivity contribution is -0.121. The first-order valence-electron chi connectivity index (χ1n) is 6.29. The standard InChI is InChI=1S/C14H20ClFN2O/c1-14(2,9-18-13(19)4-3-7-17)11-6-5-10(16)8-12(11)15/h5-6,8H,3-4,7,9,17H2,1-2H3,(H,18,19). The lowest BCUT2D eigenvalue weighted by Crippen LogP contribution is -2.37. The molecule has 19 heavy (non-hydrogen) atoms. The van der Waals surface area contributed by atoms with Gasteiger partial charge in [0.25, 0.3) is 0 Å². The molecule has 0 unspecified atom stereocenters. The Labute approximate surface area is 118 Å². The molecule has 0 aromatic heterocycles. The SMILES string of the molecule is CC(C)(CNC(=O)CCCN)c1ccc(F)cc1Cl. The minimum atomic E-state index is -0.364. The summed E-state index contributed by atoms with van der Waals surface area (Å²) in [5.74, 6) is -0.395. The van der Waals surface area contributed by atoms with Gasteiger partial charge in [0.1, 0.15) is 5.82 Å². The van der Waals surface area contributed by atoms with Gasteiger partial charge in [-0.3, -0.25) is 4.79 Å². The molecular formula is C14H20ClFN2O. The Bertz CT molecular complexity index is 449. The third-order valence-corrected chi connectivity index (χ3v) is 3.31. The van der Waals surface area contributed by atoms with Crippen LogP contribution in [0.2, 0.25) is 5.02 Å². The van der Waals surface area contributed by atoms with Gasteiger partial charge in [-0.1, -0.05) is 31.5 Å². The lowest BCUT2D eigenvalue weighted by atomic mass is 9.84. The van der Waals surface area contributed by atoms with Crippen LogP contribution in [-0.2, 0) is 10.2 Å². The molecule has 0 aliphatic heterocycles. The summed E-state index contributed by atoms with van der Waals surface area (Å²) in [4.78, 5) is 11.6. The zero-order valence-electron chi connectivity index (χ0n) is 11.3. The summed E-state index contributed by atoms with van der Waals surface area (Å²) in [7, 11) is 0. The summed E-state index contributed by atoms with van der Waals surface area (Å²) in [5, 5.41) is 3.23. The van der Waals surface area contributed by atoms with Crippen molar-refractivity contribution in [3.63, 3.8) is 0 Å². The number of hydrogen-bond donors (Lipinski definition) is 2. The first-order valence-corrected chi connectivity index (χ1v) is 6.67. The Kier molecular flexibility index (Phi) is 5.76. The van der Waals surface area contributed by atoms with Crippen molar-refractivity contribution in [1.82, 2.24) is 5.32 Å². The Morgan fingerprint density at radius 3 is 2.74 bits per heavy atom. The van der Waals surface area contributed by atoms with Gasteiger partial charge in [0.05, 0.1) is 0 Å². The molecule has 1 aromatic rings. The molecule has 0 saturated carbocycles. The lowest BCUT2D eigenvalue weighted by Gasteiger charge is -2.26. The number of carbonyl (C=O) groups is 1. The second kappa shape index (κ2) is 6.87. The smallest absolute Gasteiger partial charge is 0.220 e. The highest BCUT2D eigenvalue weighted by Gasteiger charge is 2.24. The molecule has 1 amide bonds. The van der Waals surface area contributed by atoms with Gasteiger partial charge in [0, 0.05) is 23.4 Å². The summed E-state index contributed by atoms with van der Waals surface area (Å²) in [6.45, 7) is 4.85. The van der Waals surface area contributed by atoms with E-state index in [1.165, 1.54) is 12.1 Å². The third-order valence-electron chi connectivity index (χ3n) is 3.00. The van der Waals surface area contributed by atoms with E-state index in [2.05, 4.69) is 5.32 Å². The van der Waals surface area contributed by atoms with E-state index in [4.69, 9.17) is 17.3 Å². The maximum atomic E-state index is 13.0. The van der Waals surface area contributed by atoms with E-state index in [0.717, 1.165) is 5.56 Å². The van der Waals surface area contributed by atoms with Crippen LogP contribution in [-0.4, -0.2) is 19.0 Å². The van der Waals surface area contributed by atoms with Gasteiger partial charge < -0.3 is 11.1 Å². The van der Waals surface area contributed by atoms with Crippen LogP contribution >= 0.6 is 11.6 Å². The van der Waals surface area contributed by atoms with E-state index in [-0.39, 0.29) is 17.1 Å². The van der Waals surface area contributed by atoms with Crippen molar-refractivity contribution in [2.45, 2.75) is 32.1 Å². The number of hydrogen-bond acceptors (Lipinski definition) is 2. The maximum absolute atomic E-state index is 13.0. The van der Waals surface area contributed by atoms with Gasteiger partial charge >= 0.3 is 0 Å². The fourth-order valence-corrected chi connectivity index (χ4v) is 2.23. The van der Waals surface area contributed by atoms with Crippen LogP contribution in [0.15, 0.2) is 18.2 Å². The Morgan fingerprint density at radius 2 is 2.16 bits per heavy atom. The van der Waals surface area contributed by atoms with Gasteiger partial charge in [-0.15, -0.1) is 0 Å². The summed E-state index contributed by atoms with van der Waals surface area (Å²) in [6.07, 6.45) is 1.09. The topological polar surface area (TPSA) is 55.1 Å². The molecule has 0 spiro atoms. The van der Waals surface area contributed by atoms with Crippen LogP contribution in [0.25, 0.3) is 0 Å². The Morgan fingerprint density at radius 1 is 1.47 bits per heavy atom. The summed E-state index contributed by atoms with van der Waals surface area (Å²) < 4.78 is 13.0. The Hall–Kier alpha value is -1.13. The fourth-order valence-electron chi connectivity index (χ4n) is 1.80. The third kappa shape index (κ3) is 4.80. The van der Waals surface area contributed by atoms with E-state index in [1.807, 2.05) is 13.8 Å². The van der Waals surface area contributed by atoms with Crippen LogP contribution in [0.5, 0.6) is 0 Å². The minimum absolute atomic E-state index is 0.0308. The van der Waals surface area contributed by atoms with E-state index in [9.17, 15) is 9.18 Å². The molecule has 0 saturated heterocycles.